The Balaban J connectivity index is 1.92. The number of carbonyl (C=O) groups excluding carboxylic acids is 1. The van der Waals surface area contributed by atoms with Gasteiger partial charge in [0.2, 0.25) is 5.91 Å². The Morgan fingerprint density at radius 3 is 2.83 bits per heavy atom. The molecule has 2 unspecified atom stereocenters. The predicted molar refractivity (Wildman–Crippen MR) is 76.6 cm³/mol. The van der Waals surface area contributed by atoms with E-state index in [1.54, 1.807) is 0 Å². The molecule has 1 aliphatic rings. The molecule has 4 N–H and O–H groups in total. The Kier molecular flexibility index (Phi) is 8.46. The zero-order valence-electron chi connectivity index (χ0n) is 11.1. The fourth-order valence-electron chi connectivity index (χ4n) is 2.15. The zero-order valence-corrected chi connectivity index (χ0v) is 11.9. The van der Waals surface area contributed by atoms with Crippen LogP contribution in [0.3, 0.4) is 0 Å². The minimum atomic E-state index is 0.135. The van der Waals surface area contributed by atoms with E-state index in [2.05, 4.69) is 5.32 Å². The summed E-state index contributed by atoms with van der Waals surface area (Å²) in [6.07, 6.45) is 6.56. The molecule has 0 bridgehead atoms. The lowest BCUT2D eigenvalue weighted by molar-refractivity contribution is -0.121. The van der Waals surface area contributed by atoms with Crippen LogP contribution in [0.5, 0.6) is 0 Å². The molecule has 1 heterocycles. The van der Waals surface area contributed by atoms with Crippen LogP contribution in [-0.4, -0.2) is 41.2 Å². The molecule has 0 spiro atoms. The highest BCUT2D eigenvalue weighted by atomic mass is 32.2. The molecule has 0 radical (unpaired) electrons. The second-order valence-electron chi connectivity index (χ2n) is 4.89. The van der Waals surface area contributed by atoms with Crippen molar-refractivity contribution in [3.63, 3.8) is 0 Å². The van der Waals surface area contributed by atoms with Crippen LogP contribution in [0.1, 0.15) is 44.9 Å². The van der Waals surface area contributed by atoms with Gasteiger partial charge in [0.15, 0.2) is 0 Å². The first-order valence-electron chi connectivity index (χ1n) is 6.98. The topological polar surface area (TPSA) is 75.4 Å². The summed E-state index contributed by atoms with van der Waals surface area (Å²) in [6.45, 7) is 0.887. The first-order chi connectivity index (χ1) is 8.74. The molecule has 18 heavy (non-hydrogen) atoms. The minimum Gasteiger partial charge on any atom is -0.396 e. The number of amides is 1. The van der Waals surface area contributed by atoms with Gasteiger partial charge in [0.1, 0.15) is 0 Å². The van der Waals surface area contributed by atoms with Crippen molar-refractivity contribution in [1.82, 2.24) is 5.32 Å². The van der Waals surface area contributed by atoms with E-state index in [4.69, 9.17) is 10.8 Å². The summed E-state index contributed by atoms with van der Waals surface area (Å²) in [5.41, 5.74) is 5.99. The molecule has 5 heteroatoms. The number of hydrogen-bond donors (Lipinski definition) is 3. The third-order valence-corrected chi connectivity index (χ3v) is 4.80. The number of carbonyl (C=O) groups is 1. The first kappa shape index (κ1) is 15.8. The van der Waals surface area contributed by atoms with E-state index < -0.39 is 0 Å². The maximum Gasteiger partial charge on any atom is 0.219 e. The van der Waals surface area contributed by atoms with E-state index in [1.807, 2.05) is 11.8 Å². The van der Waals surface area contributed by atoms with E-state index in [0.717, 1.165) is 38.5 Å². The Morgan fingerprint density at radius 2 is 2.17 bits per heavy atom. The highest BCUT2D eigenvalue weighted by molar-refractivity contribution is 8.00. The maximum absolute atomic E-state index is 11.5. The van der Waals surface area contributed by atoms with Crippen LogP contribution in [0.15, 0.2) is 0 Å². The Bertz CT molecular complexity index is 239. The molecular weight excluding hydrogens is 248 g/mol. The van der Waals surface area contributed by atoms with Crippen LogP contribution in [0, 0.1) is 0 Å². The van der Waals surface area contributed by atoms with Crippen LogP contribution in [-0.2, 0) is 4.79 Å². The molecule has 1 rings (SSSR count). The van der Waals surface area contributed by atoms with Crippen molar-refractivity contribution >= 4 is 17.7 Å². The van der Waals surface area contributed by atoms with E-state index in [1.165, 1.54) is 5.75 Å². The van der Waals surface area contributed by atoms with Crippen LogP contribution < -0.4 is 11.1 Å². The van der Waals surface area contributed by atoms with Gasteiger partial charge >= 0.3 is 0 Å². The summed E-state index contributed by atoms with van der Waals surface area (Å²) in [5.74, 6) is 1.33. The van der Waals surface area contributed by atoms with E-state index >= 15 is 0 Å². The van der Waals surface area contributed by atoms with Gasteiger partial charge in [-0.05, 0) is 37.9 Å². The lowest BCUT2D eigenvalue weighted by atomic mass is 10.1. The smallest absolute Gasteiger partial charge is 0.219 e. The average Bonchev–Trinajstić information content (AvgIpc) is 2.76. The normalized spacial score (nSPS) is 23.2. The number of nitrogens with one attached hydrogen (secondary N) is 1. The van der Waals surface area contributed by atoms with E-state index in [-0.39, 0.29) is 12.5 Å². The van der Waals surface area contributed by atoms with Gasteiger partial charge in [0.25, 0.3) is 0 Å². The summed E-state index contributed by atoms with van der Waals surface area (Å²) in [7, 11) is 0. The molecule has 106 valence electrons. The molecule has 1 fully saturated rings. The number of aliphatic hydroxyl groups is 1. The fourth-order valence-corrected chi connectivity index (χ4v) is 3.57. The third-order valence-electron chi connectivity index (χ3n) is 3.31. The van der Waals surface area contributed by atoms with Crippen molar-refractivity contribution in [3.8, 4) is 0 Å². The molecule has 1 amide bonds. The molecule has 1 saturated heterocycles. The van der Waals surface area contributed by atoms with Gasteiger partial charge < -0.3 is 16.2 Å². The number of nitrogens with two attached hydrogens (primary N) is 1. The standard InChI is InChI=1S/C13H26N2O2S/c14-11-7-10-18-12(11)5-1-2-6-13(17)15-8-3-4-9-16/h11-12,16H,1-10,14H2,(H,15,17). The molecule has 0 aliphatic carbocycles. The Hall–Kier alpha value is -0.260. The Morgan fingerprint density at radius 1 is 1.33 bits per heavy atom. The number of thioether (sulfide) groups is 1. The predicted octanol–water partition coefficient (Wildman–Crippen LogP) is 1.27. The molecule has 4 nitrogen and oxygen atoms in total. The van der Waals surface area contributed by atoms with Crippen LogP contribution >= 0.6 is 11.8 Å². The summed E-state index contributed by atoms with van der Waals surface area (Å²) in [6, 6.07) is 0.363. The van der Waals surface area contributed by atoms with Crippen molar-refractivity contribution in [2.45, 2.75) is 56.2 Å². The van der Waals surface area contributed by atoms with Crippen LogP contribution in [0.25, 0.3) is 0 Å². The SMILES string of the molecule is NC1CCSC1CCCCC(=O)NCCCCO. The third kappa shape index (κ3) is 6.61. The van der Waals surface area contributed by atoms with E-state index in [0.29, 0.717) is 24.3 Å². The van der Waals surface area contributed by atoms with Crippen molar-refractivity contribution < 1.29 is 9.90 Å². The molecule has 2 atom stereocenters. The number of aliphatic hydroxyl groups excluding tert-OH is 1. The maximum atomic E-state index is 11.5. The highest BCUT2D eigenvalue weighted by Crippen LogP contribution is 2.29. The van der Waals surface area contributed by atoms with Gasteiger partial charge in [-0.1, -0.05) is 6.42 Å². The lowest BCUT2D eigenvalue weighted by Gasteiger charge is -2.13. The minimum absolute atomic E-state index is 0.135. The summed E-state index contributed by atoms with van der Waals surface area (Å²) in [4.78, 5) is 11.5. The van der Waals surface area contributed by atoms with Gasteiger partial charge in [-0.15, -0.1) is 0 Å². The number of rotatable bonds is 9. The molecule has 1 aliphatic heterocycles. The Labute approximate surface area is 114 Å². The molecule has 0 saturated carbocycles. The number of hydrogen-bond acceptors (Lipinski definition) is 4. The summed E-state index contributed by atoms with van der Waals surface area (Å²) in [5, 5.41) is 12.1. The van der Waals surface area contributed by atoms with Gasteiger partial charge in [-0.3, -0.25) is 4.79 Å². The lowest BCUT2D eigenvalue weighted by Crippen LogP contribution is -2.27. The highest BCUT2D eigenvalue weighted by Gasteiger charge is 2.23. The second-order valence-corrected chi connectivity index (χ2v) is 6.24. The van der Waals surface area contributed by atoms with Crippen molar-refractivity contribution in [3.05, 3.63) is 0 Å². The van der Waals surface area contributed by atoms with Gasteiger partial charge in [-0.25, -0.2) is 0 Å². The molecule has 0 aromatic carbocycles. The van der Waals surface area contributed by atoms with Gasteiger partial charge in [0, 0.05) is 30.9 Å². The number of unbranched alkanes of at least 4 members (excludes halogenated alkanes) is 2. The average molecular weight is 274 g/mol. The largest absolute Gasteiger partial charge is 0.396 e. The first-order valence-corrected chi connectivity index (χ1v) is 8.03. The molecule has 0 aromatic heterocycles. The summed E-state index contributed by atoms with van der Waals surface area (Å²) >= 11 is 1.98. The van der Waals surface area contributed by atoms with Crippen molar-refractivity contribution in [2.24, 2.45) is 5.73 Å². The second kappa shape index (κ2) is 9.64. The molecule has 0 aromatic rings. The van der Waals surface area contributed by atoms with Crippen LogP contribution in [0.2, 0.25) is 0 Å². The molecular formula is C13H26N2O2S. The van der Waals surface area contributed by atoms with Crippen molar-refractivity contribution in [2.75, 3.05) is 18.9 Å². The van der Waals surface area contributed by atoms with Crippen molar-refractivity contribution in [1.29, 1.82) is 0 Å². The quantitative estimate of drug-likeness (QED) is 0.553. The van der Waals surface area contributed by atoms with Gasteiger partial charge in [-0.2, -0.15) is 11.8 Å². The summed E-state index contributed by atoms with van der Waals surface area (Å²) < 4.78 is 0. The van der Waals surface area contributed by atoms with Crippen LogP contribution in [0.4, 0.5) is 0 Å². The monoisotopic (exact) mass is 274 g/mol. The fraction of sp³-hybridized carbons (Fsp3) is 0.923. The van der Waals surface area contributed by atoms with E-state index in [9.17, 15) is 4.79 Å². The zero-order chi connectivity index (χ0) is 13.2. The van der Waals surface area contributed by atoms with Gasteiger partial charge in [0.05, 0.1) is 0 Å².